The Hall–Kier alpha value is -3.39. The number of piperidine rings is 1. The van der Waals surface area contributed by atoms with E-state index in [1.54, 1.807) is 30.8 Å². The maximum atomic E-state index is 14.0. The lowest BCUT2D eigenvalue weighted by molar-refractivity contribution is -0.154. The minimum Gasteiger partial charge on any atom is -0.497 e. The smallest absolute Gasteiger partial charge is 0.231 e. The molecule has 3 amide bonds. The number of methoxy groups -OCH3 is 1. The Labute approximate surface area is 225 Å². The summed E-state index contributed by atoms with van der Waals surface area (Å²) in [4.78, 5) is 43.6. The van der Waals surface area contributed by atoms with Crippen LogP contribution in [0.4, 0.5) is 0 Å². The fourth-order valence-electron chi connectivity index (χ4n) is 5.90. The summed E-state index contributed by atoms with van der Waals surface area (Å²) < 4.78 is 11.2. The summed E-state index contributed by atoms with van der Waals surface area (Å²) >= 11 is 0. The van der Waals surface area contributed by atoms with Crippen LogP contribution in [0.2, 0.25) is 0 Å². The SMILES string of the molecule is COc1ccc(COC[C@H](C(=O)N2CCC[C@]3(C2)C(=O)N(C)C[C@@H]3c2ccccc2)C(C)(C)C(N)=O)cc1. The van der Waals surface area contributed by atoms with Crippen molar-refractivity contribution in [2.45, 2.75) is 39.2 Å². The molecule has 0 bridgehead atoms. The Balaban J connectivity index is 1.55. The van der Waals surface area contributed by atoms with Gasteiger partial charge in [0.1, 0.15) is 5.75 Å². The molecule has 8 heteroatoms. The summed E-state index contributed by atoms with van der Waals surface area (Å²) in [6.07, 6.45) is 1.43. The topological polar surface area (TPSA) is 102 Å². The predicted molar refractivity (Wildman–Crippen MR) is 144 cm³/mol. The molecule has 1 spiro atoms. The zero-order valence-electron chi connectivity index (χ0n) is 22.8. The molecule has 2 aromatic rings. The monoisotopic (exact) mass is 521 g/mol. The lowest BCUT2D eigenvalue weighted by atomic mass is 9.68. The third-order valence-corrected chi connectivity index (χ3v) is 8.45. The van der Waals surface area contributed by atoms with E-state index in [0.29, 0.717) is 26.1 Å². The molecular weight excluding hydrogens is 482 g/mol. The number of ether oxygens (including phenoxy) is 2. The first kappa shape index (κ1) is 27.6. The van der Waals surface area contributed by atoms with Crippen molar-refractivity contribution < 1.29 is 23.9 Å². The van der Waals surface area contributed by atoms with Crippen molar-refractivity contribution >= 4 is 17.7 Å². The lowest BCUT2D eigenvalue weighted by Gasteiger charge is -2.44. The number of amides is 3. The molecule has 0 radical (unpaired) electrons. The molecule has 8 nitrogen and oxygen atoms in total. The van der Waals surface area contributed by atoms with Gasteiger partial charge in [-0.05, 0) is 36.1 Å². The van der Waals surface area contributed by atoms with Crippen LogP contribution in [-0.2, 0) is 25.7 Å². The van der Waals surface area contributed by atoms with Gasteiger partial charge in [-0.3, -0.25) is 14.4 Å². The minimum absolute atomic E-state index is 0.00859. The zero-order valence-corrected chi connectivity index (χ0v) is 22.8. The van der Waals surface area contributed by atoms with Crippen molar-refractivity contribution in [2.75, 3.05) is 40.4 Å². The standard InChI is InChI=1S/C30H39N3O5/c1-29(2,27(31)35)25(19-38-18-21-11-13-23(37-4)14-12-21)26(34)33-16-8-15-30(20-33)24(17-32(3)28(30)36)22-9-6-5-7-10-22/h5-7,9-14,24-25H,8,15-20H2,1-4H3,(H2,31,35)/t24-,25-,30-/m1/s1. The summed E-state index contributed by atoms with van der Waals surface area (Å²) in [5, 5.41) is 0. The molecule has 2 fully saturated rings. The van der Waals surface area contributed by atoms with Gasteiger partial charge in [-0.1, -0.05) is 56.3 Å². The van der Waals surface area contributed by atoms with E-state index in [9.17, 15) is 14.4 Å². The first-order valence-electron chi connectivity index (χ1n) is 13.2. The molecule has 0 aliphatic carbocycles. The van der Waals surface area contributed by atoms with Gasteiger partial charge in [-0.15, -0.1) is 0 Å². The number of primary amides is 1. The second-order valence-corrected chi connectivity index (χ2v) is 11.2. The third-order valence-electron chi connectivity index (χ3n) is 8.45. The largest absolute Gasteiger partial charge is 0.497 e. The van der Waals surface area contributed by atoms with Crippen molar-refractivity contribution in [1.29, 1.82) is 0 Å². The first-order valence-corrected chi connectivity index (χ1v) is 13.2. The molecular formula is C30H39N3O5. The Morgan fingerprint density at radius 1 is 1.13 bits per heavy atom. The first-order chi connectivity index (χ1) is 18.1. The Morgan fingerprint density at radius 3 is 2.45 bits per heavy atom. The molecule has 0 unspecified atom stereocenters. The van der Waals surface area contributed by atoms with Crippen LogP contribution in [0, 0.1) is 16.7 Å². The highest BCUT2D eigenvalue weighted by atomic mass is 16.5. The van der Waals surface area contributed by atoms with Crippen molar-refractivity contribution in [3.8, 4) is 5.75 Å². The molecule has 2 aliphatic heterocycles. The number of likely N-dealkylation sites (N-methyl/N-ethyl adjacent to an activating group) is 1. The Kier molecular flexibility index (Phi) is 8.11. The molecule has 3 atom stereocenters. The third kappa shape index (κ3) is 5.27. The fraction of sp³-hybridized carbons (Fsp3) is 0.500. The number of hydrogen-bond donors (Lipinski definition) is 1. The van der Waals surface area contributed by atoms with E-state index in [1.165, 1.54) is 0 Å². The van der Waals surface area contributed by atoms with E-state index >= 15 is 0 Å². The molecule has 2 aliphatic rings. The summed E-state index contributed by atoms with van der Waals surface area (Å²) in [5.41, 5.74) is 5.99. The second kappa shape index (κ2) is 11.2. The van der Waals surface area contributed by atoms with Crippen molar-refractivity contribution in [3.05, 3.63) is 65.7 Å². The van der Waals surface area contributed by atoms with Crippen LogP contribution in [0.3, 0.4) is 0 Å². The van der Waals surface area contributed by atoms with Crippen LogP contribution in [0.5, 0.6) is 5.75 Å². The average molecular weight is 522 g/mol. The number of benzene rings is 2. The predicted octanol–water partition coefficient (Wildman–Crippen LogP) is 3.20. The number of carbonyl (C=O) groups is 3. The highest BCUT2D eigenvalue weighted by Gasteiger charge is 2.56. The van der Waals surface area contributed by atoms with Gasteiger partial charge < -0.3 is 25.0 Å². The van der Waals surface area contributed by atoms with Crippen LogP contribution in [0.25, 0.3) is 0 Å². The Bertz CT molecular complexity index is 1150. The van der Waals surface area contributed by atoms with Gasteiger partial charge in [0.25, 0.3) is 0 Å². The summed E-state index contributed by atoms with van der Waals surface area (Å²) in [6, 6.07) is 17.6. The molecule has 2 heterocycles. The van der Waals surface area contributed by atoms with Crippen LogP contribution in [-0.4, -0.2) is 67.9 Å². The maximum absolute atomic E-state index is 14.0. The van der Waals surface area contributed by atoms with Crippen LogP contribution >= 0.6 is 0 Å². The van der Waals surface area contributed by atoms with Gasteiger partial charge in [0, 0.05) is 32.6 Å². The highest BCUT2D eigenvalue weighted by molar-refractivity contribution is 5.91. The normalized spacial score (nSPS) is 22.5. The molecule has 4 rings (SSSR count). The quantitative estimate of drug-likeness (QED) is 0.546. The number of nitrogens with zero attached hydrogens (tertiary/aromatic N) is 2. The van der Waals surface area contributed by atoms with Gasteiger partial charge in [-0.25, -0.2) is 0 Å². The number of rotatable bonds is 9. The molecule has 2 saturated heterocycles. The molecule has 2 N–H and O–H groups in total. The summed E-state index contributed by atoms with van der Waals surface area (Å²) in [5.74, 6) is -0.725. The number of nitrogens with two attached hydrogens (primary N) is 1. The molecule has 38 heavy (non-hydrogen) atoms. The zero-order chi connectivity index (χ0) is 27.5. The van der Waals surface area contributed by atoms with Gasteiger partial charge in [0.05, 0.1) is 37.1 Å². The van der Waals surface area contributed by atoms with E-state index in [1.807, 2.05) is 49.5 Å². The maximum Gasteiger partial charge on any atom is 0.231 e. The van der Waals surface area contributed by atoms with Crippen LogP contribution < -0.4 is 10.5 Å². The van der Waals surface area contributed by atoms with E-state index < -0.39 is 22.7 Å². The average Bonchev–Trinajstić information content (AvgIpc) is 3.16. The van der Waals surface area contributed by atoms with E-state index in [2.05, 4.69) is 12.1 Å². The molecule has 204 valence electrons. The molecule has 2 aromatic carbocycles. The van der Waals surface area contributed by atoms with E-state index in [-0.39, 0.29) is 30.9 Å². The van der Waals surface area contributed by atoms with E-state index in [4.69, 9.17) is 15.2 Å². The lowest BCUT2D eigenvalue weighted by Crippen LogP contribution is -2.56. The second-order valence-electron chi connectivity index (χ2n) is 11.2. The van der Waals surface area contributed by atoms with Crippen molar-refractivity contribution in [3.63, 3.8) is 0 Å². The molecule has 0 saturated carbocycles. The Morgan fingerprint density at radius 2 is 1.82 bits per heavy atom. The number of carbonyl (C=O) groups excluding carboxylic acids is 3. The highest BCUT2D eigenvalue weighted by Crippen LogP contribution is 2.49. The summed E-state index contributed by atoms with van der Waals surface area (Å²) in [6.45, 7) is 5.17. The van der Waals surface area contributed by atoms with Crippen molar-refractivity contribution in [1.82, 2.24) is 9.80 Å². The van der Waals surface area contributed by atoms with Gasteiger partial charge >= 0.3 is 0 Å². The summed E-state index contributed by atoms with van der Waals surface area (Å²) in [7, 11) is 3.44. The van der Waals surface area contributed by atoms with Crippen LogP contribution in [0.15, 0.2) is 54.6 Å². The van der Waals surface area contributed by atoms with Gasteiger partial charge in [0.2, 0.25) is 17.7 Å². The molecule has 0 aromatic heterocycles. The van der Waals surface area contributed by atoms with E-state index in [0.717, 1.165) is 23.3 Å². The number of hydrogen-bond acceptors (Lipinski definition) is 5. The minimum atomic E-state index is -1.13. The van der Waals surface area contributed by atoms with Crippen LogP contribution in [0.1, 0.15) is 43.7 Å². The van der Waals surface area contributed by atoms with Gasteiger partial charge in [0.15, 0.2) is 0 Å². The van der Waals surface area contributed by atoms with Gasteiger partial charge in [-0.2, -0.15) is 0 Å². The van der Waals surface area contributed by atoms with Crippen molar-refractivity contribution in [2.24, 2.45) is 22.5 Å². The fourth-order valence-corrected chi connectivity index (χ4v) is 5.90. The number of likely N-dealkylation sites (tertiary alicyclic amines) is 2.